The highest BCUT2D eigenvalue weighted by molar-refractivity contribution is 6.44. The van der Waals surface area contributed by atoms with E-state index in [1.54, 1.807) is 0 Å². The van der Waals surface area contributed by atoms with Crippen molar-refractivity contribution in [1.82, 2.24) is 0 Å². The first-order valence-corrected chi connectivity index (χ1v) is 3.74. The highest BCUT2D eigenvalue weighted by Gasteiger charge is 2.21. The van der Waals surface area contributed by atoms with Crippen molar-refractivity contribution in [3.05, 3.63) is 0 Å². The van der Waals surface area contributed by atoms with E-state index in [0.717, 1.165) is 12.8 Å². The van der Waals surface area contributed by atoms with E-state index in [9.17, 15) is 0 Å². The molecule has 0 amide bonds. The summed E-state index contributed by atoms with van der Waals surface area (Å²) in [5, 5.41) is 0. The van der Waals surface area contributed by atoms with Crippen LogP contribution in [0.25, 0.3) is 0 Å². The Morgan fingerprint density at radius 1 is 1.44 bits per heavy atom. The summed E-state index contributed by atoms with van der Waals surface area (Å²) < 4.78 is 0. The molecular weight excluding hydrogens is 163 g/mol. The van der Waals surface area contributed by atoms with Crippen molar-refractivity contribution < 1.29 is 9.78 Å². The molecule has 1 heterocycles. The maximum atomic E-state index is 5.52. The molecule has 1 atom stereocenters. The predicted molar refractivity (Wildman–Crippen MR) is 35.6 cm³/mol. The van der Waals surface area contributed by atoms with Gasteiger partial charge in [0.05, 0.1) is 6.61 Å². The lowest BCUT2D eigenvalue weighted by Gasteiger charge is -2.21. The molecule has 1 unspecified atom stereocenters. The molecule has 1 aliphatic rings. The molecule has 0 N–H and O–H groups in total. The summed E-state index contributed by atoms with van der Waals surface area (Å²) in [6.07, 6.45) is 1.72. The van der Waals surface area contributed by atoms with Gasteiger partial charge in [0.2, 0.25) is 0 Å². The zero-order valence-corrected chi connectivity index (χ0v) is 6.36. The van der Waals surface area contributed by atoms with Gasteiger partial charge in [-0.25, -0.2) is 9.78 Å². The smallest absolute Gasteiger partial charge is 0.137 e. The Labute approximate surface area is 64.0 Å². The van der Waals surface area contributed by atoms with Gasteiger partial charge in [-0.1, -0.05) is 0 Å². The largest absolute Gasteiger partial charge is 0.236 e. The molecular formula is C5H8Cl2O2. The second-order valence-electron chi connectivity index (χ2n) is 1.93. The molecule has 0 spiro atoms. The van der Waals surface area contributed by atoms with Crippen LogP contribution in [-0.2, 0) is 9.78 Å². The number of halogens is 2. The fourth-order valence-corrected chi connectivity index (χ4v) is 1.03. The summed E-state index contributed by atoms with van der Waals surface area (Å²) in [5.41, 5.74) is 0. The number of hydrogen-bond donors (Lipinski definition) is 0. The molecule has 1 aliphatic heterocycles. The molecule has 1 fully saturated rings. The Balaban J connectivity index is 2.23. The van der Waals surface area contributed by atoms with Crippen molar-refractivity contribution in [2.75, 3.05) is 6.61 Å². The monoisotopic (exact) mass is 170 g/mol. The van der Waals surface area contributed by atoms with E-state index >= 15 is 0 Å². The second kappa shape index (κ2) is 3.62. The molecule has 1 rings (SSSR count). The summed E-state index contributed by atoms with van der Waals surface area (Å²) in [6, 6.07) is 0. The van der Waals surface area contributed by atoms with E-state index in [4.69, 9.17) is 28.1 Å². The Morgan fingerprint density at radius 3 is 2.56 bits per heavy atom. The van der Waals surface area contributed by atoms with E-state index in [-0.39, 0.29) is 6.10 Å². The fraction of sp³-hybridized carbons (Fsp3) is 1.00. The molecule has 9 heavy (non-hydrogen) atoms. The van der Waals surface area contributed by atoms with Crippen molar-refractivity contribution in [2.24, 2.45) is 0 Å². The van der Waals surface area contributed by atoms with E-state index in [0.29, 0.717) is 6.61 Å². The summed E-state index contributed by atoms with van der Waals surface area (Å²) >= 11 is 11.0. The van der Waals surface area contributed by atoms with Crippen LogP contribution in [0, 0.1) is 0 Å². The molecule has 4 heteroatoms. The standard InChI is InChI=1S/C5H8Cl2O2/c6-5(7)4-2-1-3-8-9-4/h4-5H,1-3H2. The van der Waals surface area contributed by atoms with Gasteiger partial charge in [-0.05, 0) is 12.8 Å². The van der Waals surface area contributed by atoms with Crippen LogP contribution in [0.2, 0.25) is 0 Å². The van der Waals surface area contributed by atoms with Crippen molar-refractivity contribution >= 4 is 23.2 Å². The average molecular weight is 171 g/mol. The van der Waals surface area contributed by atoms with Gasteiger partial charge < -0.3 is 0 Å². The van der Waals surface area contributed by atoms with Crippen molar-refractivity contribution in [3.63, 3.8) is 0 Å². The van der Waals surface area contributed by atoms with Gasteiger partial charge in [0.15, 0.2) is 0 Å². The summed E-state index contributed by atoms with van der Waals surface area (Å²) in [7, 11) is 0. The van der Waals surface area contributed by atoms with Gasteiger partial charge in [-0.3, -0.25) is 0 Å². The Kier molecular flexibility index (Phi) is 3.06. The Morgan fingerprint density at radius 2 is 2.22 bits per heavy atom. The maximum absolute atomic E-state index is 5.52. The molecule has 0 aromatic rings. The first-order chi connectivity index (χ1) is 4.30. The molecule has 0 bridgehead atoms. The van der Waals surface area contributed by atoms with Crippen LogP contribution in [0.5, 0.6) is 0 Å². The third-order valence-corrected chi connectivity index (χ3v) is 1.75. The van der Waals surface area contributed by atoms with Gasteiger partial charge in [0.25, 0.3) is 0 Å². The fourth-order valence-electron chi connectivity index (χ4n) is 0.695. The first-order valence-electron chi connectivity index (χ1n) is 2.87. The normalized spacial score (nSPS) is 29.0. The maximum Gasteiger partial charge on any atom is 0.137 e. The quantitative estimate of drug-likeness (QED) is 0.443. The molecule has 54 valence electrons. The van der Waals surface area contributed by atoms with Crippen molar-refractivity contribution in [2.45, 2.75) is 23.8 Å². The zero-order valence-electron chi connectivity index (χ0n) is 4.85. The number of rotatable bonds is 1. The molecule has 0 aliphatic carbocycles. The van der Waals surface area contributed by atoms with Crippen molar-refractivity contribution in [3.8, 4) is 0 Å². The lowest BCUT2D eigenvalue weighted by molar-refractivity contribution is -0.341. The van der Waals surface area contributed by atoms with Gasteiger partial charge in [-0.15, -0.1) is 23.2 Å². The van der Waals surface area contributed by atoms with Crippen LogP contribution >= 0.6 is 23.2 Å². The van der Waals surface area contributed by atoms with Gasteiger partial charge in [0, 0.05) is 0 Å². The zero-order chi connectivity index (χ0) is 6.69. The van der Waals surface area contributed by atoms with Crippen LogP contribution in [0.1, 0.15) is 12.8 Å². The molecule has 1 saturated heterocycles. The summed E-state index contributed by atoms with van der Waals surface area (Å²) in [6.45, 7) is 0.650. The van der Waals surface area contributed by atoms with Crippen LogP contribution < -0.4 is 0 Å². The highest BCUT2D eigenvalue weighted by atomic mass is 35.5. The highest BCUT2D eigenvalue weighted by Crippen LogP contribution is 2.19. The van der Waals surface area contributed by atoms with Crippen molar-refractivity contribution in [1.29, 1.82) is 0 Å². The number of alkyl halides is 2. The van der Waals surface area contributed by atoms with Gasteiger partial charge >= 0.3 is 0 Å². The van der Waals surface area contributed by atoms with Crippen LogP contribution in [0.4, 0.5) is 0 Å². The van der Waals surface area contributed by atoms with Gasteiger partial charge in [-0.2, -0.15) is 0 Å². The molecule has 0 aromatic carbocycles. The van der Waals surface area contributed by atoms with Crippen LogP contribution in [-0.4, -0.2) is 17.5 Å². The predicted octanol–water partition coefficient (Wildman–Crippen LogP) is 1.90. The minimum absolute atomic E-state index is 0.137. The Bertz CT molecular complexity index is 81.0. The van der Waals surface area contributed by atoms with Gasteiger partial charge in [0.1, 0.15) is 10.9 Å². The average Bonchev–Trinajstić information content (AvgIpc) is 1.90. The van der Waals surface area contributed by atoms with E-state index in [1.807, 2.05) is 0 Å². The molecule has 0 radical (unpaired) electrons. The SMILES string of the molecule is ClC(Cl)C1CCCOO1. The lowest BCUT2D eigenvalue weighted by atomic mass is 10.2. The number of hydrogen-bond acceptors (Lipinski definition) is 2. The third kappa shape index (κ3) is 2.30. The van der Waals surface area contributed by atoms with E-state index in [2.05, 4.69) is 4.89 Å². The molecule has 2 nitrogen and oxygen atoms in total. The van der Waals surface area contributed by atoms with Crippen LogP contribution in [0.3, 0.4) is 0 Å². The molecule has 0 aromatic heterocycles. The minimum atomic E-state index is -0.467. The summed E-state index contributed by atoms with van der Waals surface area (Å²) in [5.74, 6) is 0. The lowest BCUT2D eigenvalue weighted by Crippen LogP contribution is -2.25. The van der Waals surface area contributed by atoms with Crippen LogP contribution in [0.15, 0.2) is 0 Å². The van der Waals surface area contributed by atoms with E-state index < -0.39 is 4.84 Å². The Hall–Kier alpha value is 0.500. The second-order valence-corrected chi connectivity index (χ2v) is 3.10. The topological polar surface area (TPSA) is 18.5 Å². The minimum Gasteiger partial charge on any atom is -0.236 e. The molecule has 0 saturated carbocycles. The van der Waals surface area contributed by atoms with E-state index in [1.165, 1.54) is 0 Å². The third-order valence-electron chi connectivity index (χ3n) is 1.19. The first kappa shape index (κ1) is 7.61. The summed E-state index contributed by atoms with van der Waals surface area (Å²) in [4.78, 5) is 8.98.